The number of hydrogen-bond donors (Lipinski definition) is 1. The van der Waals surface area contributed by atoms with Gasteiger partial charge in [0.15, 0.2) is 0 Å². The lowest BCUT2D eigenvalue weighted by molar-refractivity contribution is 0.204. The van der Waals surface area contributed by atoms with Crippen LogP contribution in [0.5, 0.6) is 0 Å². The monoisotopic (exact) mass is 286 g/mol. The second-order valence-electron chi connectivity index (χ2n) is 5.19. The molecule has 0 aromatic carbocycles. The summed E-state index contributed by atoms with van der Waals surface area (Å²) in [5.74, 6) is 0. The van der Waals surface area contributed by atoms with Crippen LogP contribution in [0.15, 0.2) is 17.3 Å². The predicted molar refractivity (Wildman–Crippen MR) is 73.1 cm³/mol. The van der Waals surface area contributed by atoms with Gasteiger partial charge >= 0.3 is 0 Å². The molecule has 19 heavy (non-hydrogen) atoms. The summed E-state index contributed by atoms with van der Waals surface area (Å²) in [7, 11) is -3.45. The second kappa shape index (κ2) is 5.60. The van der Waals surface area contributed by atoms with Gasteiger partial charge in [0.1, 0.15) is 4.90 Å². The third-order valence-electron chi connectivity index (χ3n) is 3.66. The Balaban J connectivity index is 2.29. The number of nitrogens with two attached hydrogens (primary N) is 1. The maximum Gasteiger partial charge on any atom is 0.246 e. The molecule has 1 aromatic rings. The summed E-state index contributed by atoms with van der Waals surface area (Å²) in [6.45, 7) is 4.91. The van der Waals surface area contributed by atoms with Crippen molar-refractivity contribution in [2.45, 2.75) is 56.6 Å². The fourth-order valence-electron chi connectivity index (χ4n) is 2.73. The molecule has 0 saturated carbocycles. The molecule has 0 amide bonds. The first-order valence-corrected chi connectivity index (χ1v) is 8.17. The van der Waals surface area contributed by atoms with Gasteiger partial charge in [0.25, 0.3) is 0 Å². The standard InChI is InChI=1S/C12H22N4O2S/c1-10-4-3-5-11(2)16(10)19(17,18)12-8-14-15(9-12)7-6-13/h8-11H,3-7,13H2,1-2H3/t10-,11+. The Morgan fingerprint density at radius 2 is 2.00 bits per heavy atom. The molecule has 108 valence electrons. The summed E-state index contributed by atoms with van der Waals surface area (Å²) >= 11 is 0. The second-order valence-corrected chi connectivity index (χ2v) is 7.03. The van der Waals surface area contributed by atoms with E-state index in [1.54, 1.807) is 15.2 Å². The molecule has 1 aliphatic rings. The van der Waals surface area contributed by atoms with Crippen molar-refractivity contribution in [1.29, 1.82) is 0 Å². The van der Waals surface area contributed by atoms with Gasteiger partial charge in [0, 0.05) is 24.8 Å². The predicted octanol–water partition coefficient (Wildman–Crippen LogP) is 0.793. The Morgan fingerprint density at radius 3 is 2.58 bits per heavy atom. The van der Waals surface area contributed by atoms with E-state index in [0.717, 1.165) is 19.3 Å². The Bertz CT molecular complexity index is 516. The van der Waals surface area contributed by atoms with E-state index in [-0.39, 0.29) is 17.0 Å². The molecule has 0 unspecified atom stereocenters. The van der Waals surface area contributed by atoms with Crippen molar-refractivity contribution < 1.29 is 8.42 Å². The average Bonchev–Trinajstić information content (AvgIpc) is 2.78. The molecular formula is C12H22N4O2S. The SMILES string of the molecule is C[C@@H]1CCC[C@H](C)N1S(=O)(=O)c1cnn(CCN)c1. The molecule has 2 rings (SSSR count). The van der Waals surface area contributed by atoms with E-state index in [1.165, 1.54) is 6.20 Å². The molecule has 7 heteroatoms. The van der Waals surface area contributed by atoms with Crippen LogP contribution >= 0.6 is 0 Å². The first-order chi connectivity index (χ1) is 8.96. The first-order valence-electron chi connectivity index (χ1n) is 6.73. The highest BCUT2D eigenvalue weighted by Gasteiger charge is 2.36. The molecule has 0 spiro atoms. The fraction of sp³-hybridized carbons (Fsp3) is 0.750. The van der Waals surface area contributed by atoms with Crippen molar-refractivity contribution in [2.24, 2.45) is 5.73 Å². The third-order valence-corrected chi connectivity index (χ3v) is 5.74. The molecule has 1 aliphatic heterocycles. The summed E-state index contributed by atoms with van der Waals surface area (Å²) in [6.07, 6.45) is 5.90. The van der Waals surface area contributed by atoms with Crippen LogP contribution < -0.4 is 5.73 Å². The van der Waals surface area contributed by atoms with Crippen molar-refractivity contribution in [3.8, 4) is 0 Å². The fourth-order valence-corrected chi connectivity index (χ4v) is 4.56. The zero-order valence-corrected chi connectivity index (χ0v) is 12.3. The molecule has 6 nitrogen and oxygen atoms in total. The smallest absolute Gasteiger partial charge is 0.246 e. The Morgan fingerprint density at radius 1 is 1.37 bits per heavy atom. The van der Waals surface area contributed by atoms with Gasteiger partial charge in [-0.25, -0.2) is 8.42 Å². The summed E-state index contributed by atoms with van der Waals surface area (Å²) in [4.78, 5) is 0.265. The zero-order valence-electron chi connectivity index (χ0n) is 11.5. The highest BCUT2D eigenvalue weighted by atomic mass is 32.2. The van der Waals surface area contributed by atoms with Crippen LogP contribution in [0.2, 0.25) is 0 Å². The normalized spacial score (nSPS) is 25.6. The largest absolute Gasteiger partial charge is 0.329 e. The highest BCUT2D eigenvalue weighted by Crippen LogP contribution is 2.29. The van der Waals surface area contributed by atoms with Gasteiger partial charge in [-0.3, -0.25) is 4.68 Å². The minimum absolute atomic E-state index is 0.0478. The number of rotatable bonds is 4. The van der Waals surface area contributed by atoms with Gasteiger partial charge in [-0.05, 0) is 26.7 Å². The lowest BCUT2D eigenvalue weighted by Crippen LogP contribution is -2.47. The van der Waals surface area contributed by atoms with Crippen molar-refractivity contribution in [2.75, 3.05) is 6.54 Å². The molecule has 2 N–H and O–H groups in total. The van der Waals surface area contributed by atoms with E-state index in [1.807, 2.05) is 13.8 Å². The van der Waals surface area contributed by atoms with Crippen molar-refractivity contribution >= 4 is 10.0 Å². The van der Waals surface area contributed by atoms with E-state index < -0.39 is 10.0 Å². The van der Waals surface area contributed by atoms with Gasteiger partial charge in [-0.1, -0.05) is 6.42 Å². The number of sulfonamides is 1. The van der Waals surface area contributed by atoms with Gasteiger partial charge in [-0.15, -0.1) is 0 Å². The average molecular weight is 286 g/mol. The van der Waals surface area contributed by atoms with Gasteiger partial charge < -0.3 is 5.73 Å². The molecule has 2 heterocycles. The highest BCUT2D eigenvalue weighted by molar-refractivity contribution is 7.89. The van der Waals surface area contributed by atoms with Crippen LogP contribution in [0.4, 0.5) is 0 Å². The van der Waals surface area contributed by atoms with Crippen LogP contribution in [-0.2, 0) is 16.6 Å². The summed E-state index contributed by atoms with van der Waals surface area (Å²) in [5, 5.41) is 4.05. The number of hydrogen-bond acceptors (Lipinski definition) is 4. The summed E-state index contributed by atoms with van der Waals surface area (Å²) < 4.78 is 28.5. The third kappa shape index (κ3) is 2.82. The van der Waals surface area contributed by atoms with Crippen molar-refractivity contribution in [1.82, 2.24) is 14.1 Å². The van der Waals surface area contributed by atoms with Crippen LogP contribution in [-0.4, -0.2) is 41.1 Å². The molecular weight excluding hydrogens is 264 g/mol. The summed E-state index contributed by atoms with van der Waals surface area (Å²) in [5.41, 5.74) is 5.45. The molecule has 2 atom stereocenters. The Kier molecular flexibility index (Phi) is 4.27. The Labute approximate surface area is 114 Å². The molecule has 1 aromatic heterocycles. The maximum absolute atomic E-state index is 12.7. The number of aromatic nitrogens is 2. The molecule has 0 aliphatic carbocycles. The van der Waals surface area contributed by atoms with Crippen LogP contribution in [0, 0.1) is 0 Å². The topological polar surface area (TPSA) is 81.2 Å². The van der Waals surface area contributed by atoms with E-state index in [0.29, 0.717) is 13.1 Å². The first kappa shape index (κ1) is 14.5. The number of nitrogens with zero attached hydrogens (tertiary/aromatic N) is 3. The van der Waals surface area contributed by atoms with E-state index in [2.05, 4.69) is 5.10 Å². The lowest BCUT2D eigenvalue weighted by atomic mass is 10.0. The molecule has 1 fully saturated rings. The minimum atomic E-state index is -3.45. The number of piperidine rings is 1. The quantitative estimate of drug-likeness (QED) is 0.887. The maximum atomic E-state index is 12.7. The molecule has 1 saturated heterocycles. The van der Waals surface area contributed by atoms with Gasteiger partial charge in [0.05, 0.1) is 12.7 Å². The van der Waals surface area contributed by atoms with E-state index in [9.17, 15) is 8.42 Å². The lowest BCUT2D eigenvalue weighted by Gasteiger charge is -2.37. The van der Waals surface area contributed by atoms with Crippen LogP contribution in [0.1, 0.15) is 33.1 Å². The minimum Gasteiger partial charge on any atom is -0.329 e. The van der Waals surface area contributed by atoms with Gasteiger partial charge in [-0.2, -0.15) is 9.40 Å². The van der Waals surface area contributed by atoms with Crippen LogP contribution in [0.25, 0.3) is 0 Å². The van der Waals surface area contributed by atoms with E-state index >= 15 is 0 Å². The molecule has 0 bridgehead atoms. The van der Waals surface area contributed by atoms with Crippen LogP contribution in [0.3, 0.4) is 0 Å². The Hall–Kier alpha value is -0.920. The van der Waals surface area contributed by atoms with E-state index in [4.69, 9.17) is 5.73 Å². The van der Waals surface area contributed by atoms with Gasteiger partial charge in [0.2, 0.25) is 10.0 Å². The summed E-state index contributed by atoms with van der Waals surface area (Å²) in [6, 6.07) is 0.0956. The van der Waals surface area contributed by atoms with Crippen molar-refractivity contribution in [3.05, 3.63) is 12.4 Å². The molecule has 0 radical (unpaired) electrons. The zero-order chi connectivity index (χ0) is 14.0. The van der Waals surface area contributed by atoms with Crippen molar-refractivity contribution in [3.63, 3.8) is 0 Å².